The second kappa shape index (κ2) is 7.01. The number of hydrogen-bond acceptors (Lipinski definition) is 4. The Kier molecular flexibility index (Phi) is 5.62. The first-order chi connectivity index (χ1) is 8.13. The molecule has 0 aliphatic rings. The van der Waals surface area contributed by atoms with Crippen molar-refractivity contribution in [2.24, 2.45) is 0 Å². The summed E-state index contributed by atoms with van der Waals surface area (Å²) in [6, 6.07) is -0.782. The summed E-state index contributed by atoms with van der Waals surface area (Å²) in [5.41, 5.74) is 1.65. The van der Waals surface area contributed by atoms with Crippen LogP contribution in [0, 0.1) is 0 Å². The maximum Gasteiger partial charge on any atom is 0.326 e. The summed E-state index contributed by atoms with van der Waals surface area (Å²) >= 11 is 1.39. The fourth-order valence-electron chi connectivity index (χ4n) is 1.40. The van der Waals surface area contributed by atoms with Crippen molar-refractivity contribution in [2.45, 2.75) is 38.6 Å². The lowest BCUT2D eigenvalue weighted by molar-refractivity contribution is -0.141. The van der Waals surface area contributed by atoms with Gasteiger partial charge in [-0.05, 0) is 6.42 Å². The molecule has 6 heteroatoms. The number of amides is 1. The quantitative estimate of drug-likeness (QED) is 0.773. The zero-order chi connectivity index (χ0) is 12.7. The van der Waals surface area contributed by atoms with E-state index in [4.69, 9.17) is 5.11 Å². The van der Waals surface area contributed by atoms with Gasteiger partial charge in [-0.3, -0.25) is 9.78 Å². The highest BCUT2D eigenvalue weighted by molar-refractivity contribution is 7.09. The van der Waals surface area contributed by atoms with Crippen molar-refractivity contribution >= 4 is 23.2 Å². The lowest BCUT2D eigenvalue weighted by atomic mass is 10.1. The van der Waals surface area contributed by atoms with Gasteiger partial charge in [-0.15, -0.1) is 11.3 Å². The van der Waals surface area contributed by atoms with Crippen molar-refractivity contribution in [3.05, 3.63) is 16.6 Å². The zero-order valence-electron chi connectivity index (χ0n) is 9.68. The number of aromatic nitrogens is 1. The van der Waals surface area contributed by atoms with Gasteiger partial charge in [0.2, 0.25) is 5.91 Å². The number of thiazole rings is 1. The summed E-state index contributed by atoms with van der Waals surface area (Å²) in [4.78, 5) is 27.2. The number of unbranched alkanes of at least 4 members (excludes halogenated alkanes) is 1. The topological polar surface area (TPSA) is 79.3 Å². The highest BCUT2D eigenvalue weighted by Crippen LogP contribution is 2.07. The summed E-state index contributed by atoms with van der Waals surface area (Å²) < 4.78 is 0. The first-order valence-electron chi connectivity index (χ1n) is 5.53. The van der Waals surface area contributed by atoms with Crippen molar-refractivity contribution in [2.75, 3.05) is 0 Å². The maximum atomic E-state index is 11.6. The summed E-state index contributed by atoms with van der Waals surface area (Å²) in [5, 5.41) is 11.5. The second-order valence-corrected chi connectivity index (χ2v) is 4.72. The van der Waals surface area contributed by atoms with Crippen LogP contribution < -0.4 is 5.32 Å². The number of aliphatic carboxylic acids is 1. The lowest BCUT2D eigenvalue weighted by Gasteiger charge is -2.13. The fraction of sp³-hybridized carbons (Fsp3) is 0.545. The molecule has 1 aromatic rings. The molecule has 1 amide bonds. The van der Waals surface area contributed by atoms with E-state index in [1.807, 2.05) is 6.92 Å². The minimum atomic E-state index is -0.976. The van der Waals surface area contributed by atoms with Gasteiger partial charge < -0.3 is 10.4 Å². The van der Waals surface area contributed by atoms with Crippen molar-refractivity contribution < 1.29 is 14.7 Å². The first kappa shape index (κ1) is 13.6. The minimum absolute atomic E-state index is 0.195. The van der Waals surface area contributed by atoms with E-state index in [2.05, 4.69) is 10.3 Å². The van der Waals surface area contributed by atoms with Gasteiger partial charge in [-0.25, -0.2) is 4.79 Å². The van der Waals surface area contributed by atoms with E-state index >= 15 is 0 Å². The van der Waals surface area contributed by atoms with Crippen LogP contribution in [0.5, 0.6) is 0 Å². The van der Waals surface area contributed by atoms with Crippen molar-refractivity contribution in [3.8, 4) is 0 Å². The normalized spacial score (nSPS) is 12.1. The molecule has 0 bridgehead atoms. The Balaban J connectivity index is 2.43. The largest absolute Gasteiger partial charge is 0.480 e. The summed E-state index contributed by atoms with van der Waals surface area (Å²) in [7, 11) is 0. The highest BCUT2D eigenvalue weighted by Gasteiger charge is 2.19. The molecule has 1 rings (SSSR count). The number of carbonyl (C=O) groups is 2. The molecule has 0 saturated carbocycles. The molecule has 0 aromatic carbocycles. The van der Waals surface area contributed by atoms with Crippen LogP contribution in [0.1, 0.15) is 31.1 Å². The maximum absolute atomic E-state index is 11.6. The van der Waals surface area contributed by atoms with Gasteiger partial charge in [-0.1, -0.05) is 19.8 Å². The third-order valence-electron chi connectivity index (χ3n) is 2.30. The van der Waals surface area contributed by atoms with Crippen LogP contribution in [0.4, 0.5) is 0 Å². The van der Waals surface area contributed by atoms with Crippen LogP contribution in [0.3, 0.4) is 0 Å². The number of carbonyl (C=O) groups excluding carboxylic acids is 1. The second-order valence-electron chi connectivity index (χ2n) is 3.75. The van der Waals surface area contributed by atoms with E-state index in [1.54, 1.807) is 11.7 Å². The molecule has 2 N–H and O–H groups in total. The van der Waals surface area contributed by atoms with E-state index in [-0.39, 0.29) is 12.3 Å². The van der Waals surface area contributed by atoms with Gasteiger partial charge in [-0.2, -0.15) is 0 Å². The molecule has 1 unspecified atom stereocenters. The molecule has 0 radical (unpaired) electrons. The molecule has 1 aromatic heterocycles. The molecular formula is C11H16N2O3S. The molecule has 17 heavy (non-hydrogen) atoms. The van der Waals surface area contributed by atoms with Crippen LogP contribution in [0.2, 0.25) is 0 Å². The number of rotatable bonds is 7. The first-order valence-corrected chi connectivity index (χ1v) is 6.41. The summed E-state index contributed by atoms with van der Waals surface area (Å²) in [6.45, 7) is 1.98. The van der Waals surface area contributed by atoms with Crippen molar-refractivity contribution in [3.63, 3.8) is 0 Å². The van der Waals surface area contributed by atoms with Crippen LogP contribution >= 0.6 is 11.3 Å². The number of nitrogens with zero attached hydrogens (tertiary/aromatic N) is 1. The van der Waals surface area contributed by atoms with E-state index in [0.29, 0.717) is 6.42 Å². The van der Waals surface area contributed by atoms with Crippen LogP contribution in [-0.2, 0) is 16.0 Å². The Morgan fingerprint density at radius 3 is 2.88 bits per heavy atom. The Bertz CT molecular complexity index is 365. The Hall–Kier alpha value is -1.43. The Morgan fingerprint density at radius 1 is 1.59 bits per heavy atom. The van der Waals surface area contributed by atoms with Crippen molar-refractivity contribution in [1.29, 1.82) is 0 Å². The fourth-order valence-corrected chi connectivity index (χ4v) is 1.99. The smallest absolute Gasteiger partial charge is 0.326 e. The van der Waals surface area contributed by atoms with E-state index in [1.165, 1.54) is 11.3 Å². The standard InChI is InChI=1S/C11H16N2O3S/c1-2-3-4-9(11(15)16)13-10(14)5-8-6-12-7-17-8/h6-7,9H,2-5H2,1H3,(H,13,14)(H,15,16). The van der Waals surface area contributed by atoms with Gasteiger partial charge in [0, 0.05) is 11.1 Å². The van der Waals surface area contributed by atoms with Gasteiger partial charge in [0.15, 0.2) is 0 Å². The molecule has 1 atom stereocenters. The SMILES string of the molecule is CCCCC(NC(=O)Cc1cncs1)C(=O)O. The minimum Gasteiger partial charge on any atom is -0.480 e. The molecule has 0 aliphatic carbocycles. The van der Waals surface area contributed by atoms with E-state index < -0.39 is 12.0 Å². The van der Waals surface area contributed by atoms with E-state index in [0.717, 1.165) is 17.7 Å². The van der Waals surface area contributed by atoms with Crippen LogP contribution in [-0.4, -0.2) is 28.0 Å². The van der Waals surface area contributed by atoms with Gasteiger partial charge in [0.1, 0.15) is 6.04 Å². The zero-order valence-corrected chi connectivity index (χ0v) is 10.5. The van der Waals surface area contributed by atoms with Crippen molar-refractivity contribution in [1.82, 2.24) is 10.3 Å². The summed E-state index contributed by atoms with van der Waals surface area (Å²) in [5.74, 6) is -1.24. The average molecular weight is 256 g/mol. The Labute approximate surface area is 104 Å². The highest BCUT2D eigenvalue weighted by atomic mass is 32.1. The number of carboxylic acids is 1. The van der Waals surface area contributed by atoms with Gasteiger partial charge in [0.25, 0.3) is 0 Å². The predicted molar refractivity (Wildman–Crippen MR) is 64.9 cm³/mol. The number of nitrogens with one attached hydrogen (secondary N) is 1. The van der Waals surface area contributed by atoms with Gasteiger partial charge in [0.05, 0.1) is 11.9 Å². The van der Waals surface area contributed by atoms with Crippen LogP contribution in [0.25, 0.3) is 0 Å². The lowest BCUT2D eigenvalue weighted by Crippen LogP contribution is -2.41. The molecule has 1 heterocycles. The van der Waals surface area contributed by atoms with E-state index in [9.17, 15) is 9.59 Å². The molecule has 5 nitrogen and oxygen atoms in total. The molecule has 0 fully saturated rings. The molecule has 0 spiro atoms. The third kappa shape index (κ3) is 4.95. The molecular weight excluding hydrogens is 240 g/mol. The average Bonchev–Trinajstić information content (AvgIpc) is 2.76. The van der Waals surface area contributed by atoms with Crippen LogP contribution in [0.15, 0.2) is 11.7 Å². The monoisotopic (exact) mass is 256 g/mol. The number of carboxylic acid groups (broad SMARTS) is 1. The molecule has 94 valence electrons. The Morgan fingerprint density at radius 2 is 2.35 bits per heavy atom. The predicted octanol–water partition coefficient (Wildman–Crippen LogP) is 1.45. The molecule has 0 saturated heterocycles. The molecule has 0 aliphatic heterocycles. The third-order valence-corrected chi connectivity index (χ3v) is 3.08. The number of hydrogen-bond donors (Lipinski definition) is 2. The summed E-state index contributed by atoms with van der Waals surface area (Å²) in [6.07, 6.45) is 3.99. The van der Waals surface area contributed by atoms with Gasteiger partial charge >= 0.3 is 5.97 Å².